The summed E-state index contributed by atoms with van der Waals surface area (Å²) in [5, 5.41) is 15.5. The van der Waals surface area contributed by atoms with Gasteiger partial charge in [0.05, 0.1) is 37.9 Å². The topological polar surface area (TPSA) is 93.5 Å². The molecule has 0 saturated carbocycles. The Bertz CT molecular complexity index is 679. The van der Waals surface area contributed by atoms with Crippen LogP contribution in [-0.4, -0.2) is 33.9 Å². The quantitative estimate of drug-likeness (QED) is 0.813. The molecule has 7 heteroatoms. The molecule has 2 rings (SSSR count). The van der Waals surface area contributed by atoms with Gasteiger partial charge in [-0.25, -0.2) is 0 Å². The first-order chi connectivity index (χ1) is 11.0. The van der Waals surface area contributed by atoms with E-state index in [2.05, 4.69) is 10.4 Å². The second-order valence-electron chi connectivity index (χ2n) is 5.10. The average molecular weight is 317 g/mol. The zero-order valence-electron chi connectivity index (χ0n) is 13.0. The maximum atomic E-state index is 12.2. The molecule has 0 spiro atoms. The molecule has 0 radical (unpaired) electrons. The van der Waals surface area contributed by atoms with Crippen LogP contribution >= 0.6 is 0 Å². The summed E-state index contributed by atoms with van der Waals surface area (Å²) in [7, 11) is 1.60. The Balaban J connectivity index is 1.96. The summed E-state index contributed by atoms with van der Waals surface area (Å²) in [5.74, 6) is -0.401. The van der Waals surface area contributed by atoms with Crippen LogP contribution in [0.25, 0.3) is 0 Å². The van der Waals surface area contributed by atoms with E-state index in [1.165, 1.54) is 10.9 Å². The molecule has 2 aromatic rings. The summed E-state index contributed by atoms with van der Waals surface area (Å²) in [5.41, 5.74) is 1.35. The number of carboxylic acids is 1. The van der Waals surface area contributed by atoms with Crippen LogP contribution in [0.15, 0.2) is 36.7 Å². The van der Waals surface area contributed by atoms with Gasteiger partial charge in [-0.1, -0.05) is 12.1 Å². The standard InChI is InChI=1S/C16H19N3O4/c1-11(12-3-5-14(23-2)6-4-12)18-16(22)13-9-17-19(10-13)8-7-15(20)21/h3-6,9-11H,7-8H2,1-2H3,(H,18,22)(H,20,21). The Kier molecular flexibility index (Phi) is 5.35. The average Bonchev–Trinajstić information content (AvgIpc) is 3.02. The lowest BCUT2D eigenvalue weighted by Gasteiger charge is -2.14. The Morgan fingerprint density at radius 2 is 2.04 bits per heavy atom. The zero-order chi connectivity index (χ0) is 16.8. The van der Waals surface area contributed by atoms with Gasteiger partial charge in [-0.05, 0) is 24.6 Å². The van der Waals surface area contributed by atoms with Crippen molar-refractivity contribution in [1.29, 1.82) is 0 Å². The minimum absolute atomic E-state index is 0.0367. The summed E-state index contributed by atoms with van der Waals surface area (Å²) in [6, 6.07) is 7.28. The van der Waals surface area contributed by atoms with Crippen LogP contribution in [-0.2, 0) is 11.3 Å². The van der Waals surface area contributed by atoms with Gasteiger partial charge in [-0.2, -0.15) is 5.10 Å². The molecule has 122 valence electrons. The van der Waals surface area contributed by atoms with Crippen LogP contribution in [0.4, 0.5) is 0 Å². The van der Waals surface area contributed by atoms with E-state index in [1.807, 2.05) is 31.2 Å². The summed E-state index contributed by atoms with van der Waals surface area (Å²) < 4.78 is 6.55. The summed E-state index contributed by atoms with van der Waals surface area (Å²) >= 11 is 0. The number of benzene rings is 1. The van der Waals surface area contributed by atoms with E-state index < -0.39 is 5.97 Å². The fraction of sp³-hybridized carbons (Fsp3) is 0.312. The van der Waals surface area contributed by atoms with Gasteiger partial charge in [-0.15, -0.1) is 0 Å². The Hall–Kier alpha value is -2.83. The number of carbonyl (C=O) groups is 2. The molecule has 0 saturated heterocycles. The molecule has 0 aliphatic carbocycles. The molecular formula is C16H19N3O4. The van der Waals surface area contributed by atoms with Crippen LogP contribution in [0.5, 0.6) is 5.75 Å². The van der Waals surface area contributed by atoms with Gasteiger partial charge in [0, 0.05) is 6.20 Å². The molecule has 1 aromatic heterocycles. The molecule has 0 aliphatic heterocycles. The highest BCUT2D eigenvalue weighted by Gasteiger charge is 2.13. The molecule has 7 nitrogen and oxygen atoms in total. The number of ether oxygens (including phenoxy) is 1. The van der Waals surface area contributed by atoms with Gasteiger partial charge in [0.15, 0.2) is 0 Å². The number of aromatic nitrogens is 2. The largest absolute Gasteiger partial charge is 0.497 e. The Morgan fingerprint density at radius 3 is 2.65 bits per heavy atom. The van der Waals surface area contributed by atoms with Gasteiger partial charge in [0.2, 0.25) is 0 Å². The van der Waals surface area contributed by atoms with Gasteiger partial charge in [0.1, 0.15) is 5.75 Å². The van der Waals surface area contributed by atoms with Crippen molar-refractivity contribution >= 4 is 11.9 Å². The summed E-state index contributed by atoms with van der Waals surface area (Å²) in [6.45, 7) is 2.12. The van der Waals surface area contributed by atoms with Crippen LogP contribution in [0.3, 0.4) is 0 Å². The third-order valence-corrected chi connectivity index (χ3v) is 3.41. The van der Waals surface area contributed by atoms with Gasteiger partial charge < -0.3 is 15.2 Å². The van der Waals surface area contributed by atoms with Crippen LogP contribution in [0, 0.1) is 0 Å². The first kappa shape index (κ1) is 16.5. The number of nitrogens with zero attached hydrogens (tertiary/aromatic N) is 2. The molecule has 0 fully saturated rings. The summed E-state index contributed by atoms with van der Waals surface area (Å²) in [4.78, 5) is 22.7. The number of carbonyl (C=O) groups excluding carboxylic acids is 1. The molecule has 1 heterocycles. The molecule has 0 bridgehead atoms. The minimum Gasteiger partial charge on any atom is -0.497 e. The number of hydrogen-bond acceptors (Lipinski definition) is 4. The number of nitrogens with one attached hydrogen (secondary N) is 1. The zero-order valence-corrected chi connectivity index (χ0v) is 13.0. The lowest BCUT2D eigenvalue weighted by Crippen LogP contribution is -2.26. The van der Waals surface area contributed by atoms with Crippen molar-refractivity contribution in [1.82, 2.24) is 15.1 Å². The third-order valence-electron chi connectivity index (χ3n) is 3.41. The highest BCUT2D eigenvalue weighted by atomic mass is 16.5. The monoisotopic (exact) mass is 317 g/mol. The number of rotatable bonds is 7. The molecule has 1 atom stereocenters. The third kappa shape index (κ3) is 4.57. The number of carboxylic acid groups (broad SMARTS) is 1. The predicted octanol–water partition coefficient (Wildman–Crippen LogP) is 1.86. The van der Waals surface area contributed by atoms with E-state index in [4.69, 9.17) is 9.84 Å². The Labute approximate surface area is 133 Å². The maximum absolute atomic E-state index is 12.2. The maximum Gasteiger partial charge on any atom is 0.305 e. The molecule has 0 aliphatic rings. The number of hydrogen-bond donors (Lipinski definition) is 2. The molecule has 2 N–H and O–H groups in total. The number of aryl methyl sites for hydroxylation is 1. The lowest BCUT2D eigenvalue weighted by molar-refractivity contribution is -0.137. The first-order valence-corrected chi connectivity index (χ1v) is 7.18. The number of aliphatic carboxylic acids is 1. The van der Waals surface area contributed by atoms with Crippen LogP contribution < -0.4 is 10.1 Å². The smallest absolute Gasteiger partial charge is 0.305 e. The van der Waals surface area contributed by atoms with Crippen LogP contribution in [0.1, 0.15) is 35.3 Å². The molecule has 1 aromatic carbocycles. The predicted molar refractivity (Wildman–Crippen MR) is 83.4 cm³/mol. The van der Waals surface area contributed by atoms with Crippen molar-refractivity contribution in [3.05, 3.63) is 47.8 Å². The second kappa shape index (κ2) is 7.44. The number of amides is 1. The normalized spacial score (nSPS) is 11.7. The van der Waals surface area contributed by atoms with Gasteiger partial charge in [-0.3, -0.25) is 14.3 Å². The minimum atomic E-state index is -0.903. The van der Waals surface area contributed by atoms with Crippen molar-refractivity contribution in [2.24, 2.45) is 0 Å². The van der Waals surface area contributed by atoms with Gasteiger partial charge in [0.25, 0.3) is 5.91 Å². The second-order valence-corrected chi connectivity index (χ2v) is 5.10. The van der Waals surface area contributed by atoms with Crippen molar-refractivity contribution in [2.45, 2.75) is 25.9 Å². The van der Waals surface area contributed by atoms with E-state index in [9.17, 15) is 9.59 Å². The van der Waals surface area contributed by atoms with Crippen molar-refractivity contribution in [2.75, 3.05) is 7.11 Å². The van der Waals surface area contributed by atoms with Crippen molar-refractivity contribution < 1.29 is 19.4 Å². The fourth-order valence-electron chi connectivity index (χ4n) is 2.07. The van der Waals surface area contributed by atoms with Crippen molar-refractivity contribution in [3.8, 4) is 5.75 Å². The lowest BCUT2D eigenvalue weighted by atomic mass is 10.1. The van der Waals surface area contributed by atoms with E-state index in [0.717, 1.165) is 11.3 Å². The molecule has 1 unspecified atom stereocenters. The first-order valence-electron chi connectivity index (χ1n) is 7.18. The highest BCUT2D eigenvalue weighted by Crippen LogP contribution is 2.17. The number of methoxy groups -OCH3 is 1. The molecule has 23 heavy (non-hydrogen) atoms. The summed E-state index contributed by atoms with van der Waals surface area (Å²) in [6.07, 6.45) is 2.93. The van der Waals surface area contributed by atoms with E-state index >= 15 is 0 Å². The van der Waals surface area contributed by atoms with E-state index in [1.54, 1.807) is 13.3 Å². The van der Waals surface area contributed by atoms with E-state index in [-0.39, 0.29) is 24.9 Å². The highest BCUT2D eigenvalue weighted by molar-refractivity contribution is 5.93. The Morgan fingerprint density at radius 1 is 1.35 bits per heavy atom. The molecule has 1 amide bonds. The fourth-order valence-corrected chi connectivity index (χ4v) is 2.07. The van der Waals surface area contributed by atoms with Crippen LogP contribution in [0.2, 0.25) is 0 Å². The SMILES string of the molecule is COc1ccc(C(C)NC(=O)c2cnn(CCC(=O)O)c2)cc1. The van der Waals surface area contributed by atoms with Gasteiger partial charge >= 0.3 is 5.97 Å². The van der Waals surface area contributed by atoms with E-state index in [0.29, 0.717) is 5.56 Å². The molecular weight excluding hydrogens is 298 g/mol. The van der Waals surface area contributed by atoms with Crippen molar-refractivity contribution in [3.63, 3.8) is 0 Å².